The van der Waals surface area contributed by atoms with Crippen LogP contribution in [0.15, 0.2) is 46.9 Å². The van der Waals surface area contributed by atoms with Crippen molar-refractivity contribution in [2.45, 2.75) is 6.54 Å². The van der Waals surface area contributed by atoms with Crippen molar-refractivity contribution in [1.82, 2.24) is 0 Å². The van der Waals surface area contributed by atoms with Crippen LogP contribution in [0.1, 0.15) is 11.1 Å². The summed E-state index contributed by atoms with van der Waals surface area (Å²) >= 11 is 14.4. The summed E-state index contributed by atoms with van der Waals surface area (Å²) in [7, 11) is 0. The fraction of sp³-hybridized carbons (Fsp3) is 0.0714. The average Bonchev–Trinajstić information content (AvgIpc) is 2.37. The zero-order chi connectivity index (χ0) is 13.8. The molecule has 0 saturated heterocycles. The molecule has 2 rings (SSSR count). The quantitative estimate of drug-likeness (QED) is 0.801. The van der Waals surface area contributed by atoms with Crippen molar-refractivity contribution in [2.75, 3.05) is 5.32 Å². The first-order valence-corrected chi connectivity index (χ1v) is 7.22. The van der Waals surface area contributed by atoms with Gasteiger partial charge in [0.15, 0.2) is 0 Å². The summed E-state index contributed by atoms with van der Waals surface area (Å²) < 4.78 is 0.930. The largest absolute Gasteiger partial charge is 0.389 e. The summed E-state index contributed by atoms with van der Waals surface area (Å²) in [4.78, 5) is 0.391. The van der Waals surface area contributed by atoms with E-state index in [1.807, 2.05) is 42.5 Å². The Labute approximate surface area is 131 Å². The van der Waals surface area contributed by atoms with Crippen molar-refractivity contribution in [1.29, 1.82) is 0 Å². The minimum atomic E-state index is 0.391. The van der Waals surface area contributed by atoms with Gasteiger partial charge in [-0.2, -0.15) is 0 Å². The van der Waals surface area contributed by atoms with Crippen LogP contribution in [0.4, 0.5) is 5.69 Å². The molecule has 0 fully saturated rings. The lowest BCUT2D eigenvalue weighted by atomic mass is 10.2. The van der Waals surface area contributed by atoms with Crippen LogP contribution >= 0.6 is 39.7 Å². The number of hydrogen-bond donors (Lipinski definition) is 2. The van der Waals surface area contributed by atoms with Crippen molar-refractivity contribution >= 4 is 50.4 Å². The van der Waals surface area contributed by atoms with Gasteiger partial charge in [-0.3, -0.25) is 0 Å². The van der Waals surface area contributed by atoms with Crippen LogP contribution in [0.5, 0.6) is 0 Å². The maximum atomic E-state index is 5.95. The van der Waals surface area contributed by atoms with E-state index in [4.69, 9.17) is 29.6 Å². The molecule has 98 valence electrons. The van der Waals surface area contributed by atoms with E-state index in [0.29, 0.717) is 11.5 Å². The lowest BCUT2D eigenvalue weighted by molar-refractivity contribution is 1.15. The van der Waals surface area contributed by atoms with E-state index in [0.717, 1.165) is 26.3 Å². The number of anilines is 1. The Morgan fingerprint density at radius 2 is 2.05 bits per heavy atom. The van der Waals surface area contributed by atoms with Crippen LogP contribution in [0.25, 0.3) is 0 Å². The number of hydrogen-bond acceptors (Lipinski definition) is 2. The van der Waals surface area contributed by atoms with Gasteiger partial charge in [-0.25, -0.2) is 0 Å². The third-order valence-electron chi connectivity index (χ3n) is 2.63. The standard InChI is InChI=1S/C14H12BrClN2S/c15-12-7-10(14(17)19)4-5-13(12)18-8-9-2-1-3-11(16)6-9/h1-7,18H,8H2,(H2,17,19). The summed E-state index contributed by atoms with van der Waals surface area (Å²) in [5, 5.41) is 4.07. The highest BCUT2D eigenvalue weighted by Gasteiger charge is 2.03. The van der Waals surface area contributed by atoms with Crippen LogP contribution in [0.2, 0.25) is 5.02 Å². The topological polar surface area (TPSA) is 38.0 Å². The van der Waals surface area contributed by atoms with Gasteiger partial charge in [0.05, 0.1) is 0 Å². The summed E-state index contributed by atoms with van der Waals surface area (Å²) in [6.45, 7) is 0.700. The Kier molecular flexibility index (Phi) is 4.80. The maximum absolute atomic E-state index is 5.95. The van der Waals surface area contributed by atoms with E-state index in [-0.39, 0.29) is 0 Å². The van der Waals surface area contributed by atoms with E-state index in [1.165, 1.54) is 0 Å². The normalized spacial score (nSPS) is 10.2. The Balaban J connectivity index is 2.10. The Hall–Kier alpha value is -1.10. The van der Waals surface area contributed by atoms with E-state index >= 15 is 0 Å². The molecule has 3 N–H and O–H groups in total. The van der Waals surface area contributed by atoms with Crippen molar-refractivity contribution in [3.05, 3.63) is 63.1 Å². The molecule has 0 radical (unpaired) electrons. The number of halogens is 2. The van der Waals surface area contributed by atoms with Gasteiger partial charge in [-0.15, -0.1) is 0 Å². The lowest BCUT2D eigenvalue weighted by Crippen LogP contribution is -2.09. The number of rotatable bonds is 4. The molecule has 19 heavy (non-hydrogen) atoms. The molecular formula is C14H12BrClN2S. The fourth-order valence-corrected chi connectivity index (χ4v) is 2.51. The van der Waals surface area contributed by atoms with Crippen molar-refractivity contribution in [3.8, 4) is 0 Å². The molecule has 0 saturated carbocycles. The molecule has 0 aromatic heterocycles. The molecule has 2 aromatic rings. The molecule has 0 aliphatic rings. The van der Waals surface area contributed by atoms with Gasteiger partial charge in [-0.05, 0) is 51.8 Å². The first-order chi connectivity index (χ1) is 9.06. The molecule has 2 nitrogen and oxygen atoms in total. The SMILES string of the molecule is NC(=S)c1ccc(NCc2cccc(Cl)c2)c(Br)c1. The second-order valence-corrected chi connectivity index (χ2v) is 5.77. The molecule has 0 amide bonds. The Morgan fingerprint density at radius 1 is 1.26 bits per heavy atom. The third-order valence-corrected chi connectivity index (χ3v) is 3.75. The molecule has 0 aliphatic carbocycles. The Bertz CT molecular complexity index is 616. The van der Waals surface area contributed by atoms with Crippen LogP contribution in [-0.4, -0.2) is 4.99 Å². The number of nitrogens with two attached hydrogens (primary N) is 1. The average molecular weight is 356 g/mol. The Morgan fingerprint density at radius 3 is 2.68 bits per heavy atom. The summed E-state index contributed by atoms with van der Waals surface area (Å²) in [5.74, 6) is 0. The van der Waals surface area contributed by atoms with Crippen molar-refractivity contribution in [3.63, 3.8) is 0 Å². The molecule has 0 aliphatic heterocycles. The highest BCUT2D eigenvalue weighted by Crippen LogP contribution is 2.24. The van der Waals surface area contributed by atoms with Crippen molar-refractivity contribution < 1.29 is 0 Å². The molecular weight excluding hydrogens is 344 g/mol. The molecule has 0 heterocycles. The number of benzene rings is 2. The van der Waals surface area contributed by atoms with E-state index in [9.17, 15) is 0 Å². The van der Waals surface area contributed by atoms with Gasteiger partial charge in [0.1, 0.15) is 4.99 Å². The van der Waals surface area contributed by atoms with Crippen LogP contribution in [0, 0.1) is 0 Å². The summed E-state index contributed by atoms with van der Waals surface area (Å²) in [6.07, 6.45) is 0. The third kappa shape index (κ3) is 3.93. The first kappa shape index (κ1) is 14.3. The predicted molar refractivity (Wildman–Crippen MR) is 88.8 cm³/mol. The van der Waals surface area contributed by atoms with E-state index < -0.39 is 0 Å². The van der Waals surface area contributed by atoms with Crippen LogP contribution < -0.4 is 11.1 Å². The predicted octanol–water partition coefficient (Wildman–Crippen LogP) is 4.35. The second-order valence-electron chi connectivity index (χ2n) is 4.04. The monoisotopic (exact) mass is 354 g/mol. The fourth-order valence-electron chi connectivity index (χ4n) is 1.66. The smallest absolute Gasteiger partial charge is 0.104 e. The van der Waals surface area contributed by atoms with Crippen LogP contribution in [-0.2, 0) is 6.54 Å². The second kappa shape index (κ2) is 6.37. The highest BCUT2D eigenvalue weighted by molar-refractivity contribution is 9.10. The van der Waals surface area contributed by atoms with Crippen LogP contribution in [0.3, 0.4) is 0 Å². The minimum absolute atomic E-state index is 0.391. The first-order valence-electron chi connectivity index (χ1n) is 5.64. The highest BCUT2D eigenvalue weighted by atomic mass is 79.9. The molecule has 0 bridgehead atoms. The van der Waals surface area contributed by atoms with Gasteiger partial charge >= 0.3 is 0 Å². The van der Waals surface area contributed by atoms with Gasteiger partial charge in [0, 0.05) is 27.3 Å². The van der Waals surface area contributed by atoms with E-state index in [1.54, 1.807) is 0 Å². The summed E-state index contributed by atoms with van der Waals surface area (Å²) in [5.41, 5.74) is 8.54. The van der Waals surface area contributed by atoms with Gasteiger partial charge in [0.2, 0.25) is 0 Å². The van der Waals surface area contributed by atoms with Gasteiger partial charge in [0.25, 0.3) is 0 Å². The zero-order valence-corrected chi connectivity index (χ0v) is 13.1. The molecule has 5 heteroatoms. The maximum Gasteiger partial charge on any atom is 0.104 e. The minimum Gasteiger partial charge on any atom is -0.389 e. The van der Waals surface area contributed by atoms with Gasteiger partial charge < -0.3 is 11.1 Å². The molecule has 2 aromatic carbocycles. The van der Waals surface area contributed by atoms with Gasteiger partial charge in [-0.1, -0.05) is 36.0 Å². The molecule has 0 atom stereocenters. The number of nitrogens with one attached hydrogen (secondary N) is 1. The van der Waals surface area contributed by atoms with Crippen molar-refractivity contribution in [2.24, 2.45) is 5.73 Å². The molecule has 0 unspecified atom stereocenters. The molecule has 0 spiro atoms. The lowest BCUT2D eigenvalue weighted by Gasteiger charge is -2.10. The number of thiocarbonyl (C=S) groups is 1. The van der Waals surface area contributed by atoms with E-state index in [2.05, 4.69) is 21.2 Å². The zero-order valence-electron chi connectivity index (χ0n) is 9.99. The summed E-state index contributed by atoms with van der Waals surface area (Å²) in [6, 6.07) is 13.5.